The Balaban J connectivity index is 2.74. The number of carbonyl (C=O) groups is 2. The van der Waals surface area contributed by atoms with Crippen LogP contribution >= 0.6 is 0 Å². The van der Waals surface area contributed by atoms with Crippen LogP contribution in [0.25, 0.3) is 0 Å². The van der Waals surface area contributed by atoms with E-state index in [0.717, 1.165) is 5.56 Å². The molecule has 0 aliphatic rings. The monoisotopic (exact) mass is 365 g/mol. The van der Waals surface area contributed by atoms with Gasteiger partial charge in [-0.25, -0.2) is 4.79 Å². The number of amides is 2. The number of hydrogen-bond donors (Lipinski definition) is 2. The molecule has 0 heterocycles. The number of rotatable bonds is 8. The number of nitrogens with one attached hydrogen (secondary N) is 2. The summed E-state index contributed by atoms with van der Waals surface area (Å²) in [6.45, 7) is 5.01. The van der Waals surface area contributed by atoms with E-state index in [2.05, 4.69) is 15.6 Å². The molecule has 0 aliphatic heterocycles. The van der Waals surface area contributed by atoms with E-state index in [4.69, 9.17) is 10.00 Å². The molecule has 1 aromatic carbocycles. The Morgan fingerprint density at radius 1 is 1.27 bits per heavy atom. The predicted molar refractivity (Wildman–Crippen MR) is 92.7 cm³/mol. The summed E-state index contributed by atoms with van der Waals surface area (Å²) in [5, 5.41) is 14.0. The molecule has 0 aliphatic carbocycles. The van der Waals surface area contributed by atoms with Crippen LogP contribution in [0.4, 0.5) is 9.32 Å². The fraction of sp³-hybridized carbons (Fsp3) is 0.500. The van der Waals surface area contributed by atoms with Gasteiger partial charge in [-0.15, -0.1) is 0 Å². The first kappa shape index (κ1) is 21.4. The van der Waals surface area contributed by atoms with Crippen molar-refractivity contribution in [2.45, 2.75) is 45.3 Å². The van der Waals surface area contributed by atoms with Crippen molar-refractivity contribution in [1.82, 2.24) is 10.6 Å². The summed E-state index contributed by atoms with van der Waals surface area (Å²) < 4.78 is 16.9. The van der Waals surface area contributed by atoms with Crippen molar-refractivity contribution in [1.29, 1.82) is 5.26 Å². The molecule has 0 saturated heterocycles. The van der Waals surface area contributed by atoms with Crippen LogP contribution in [0.15, 0.2) is 24.3 Å². The second-order valence-corrected chi connectivity index (χ2v) is 6.72. The predicted octanol–water partition coefficient (Wildman–Crippen LogP) is 2.40. The first-order valence-electron chi connectivity index (χ1n) is 8.22. The van der Waals surface area contributed by atoms with E-state index >= 15 is 0 Å². The van der Waals surface area contributed by atoms with Crippen LogP contribution in [-0.4, -0.2) is 36.8 Å². The second kappa shape index (κ2) is 10.4. The summed E-state index contributed by atoms with van der Waals surface area (Å²) in [6, 6.07) is 8.36. The zero-order chi connectivity index (χ0) is 19.6. The fourth-order valence-electron chi connectivity index (χ4n) is 2.17. The van der Waals surface area contributed by atoms with Crippen LogP contribution in [0.3, 0.4) is 0 Å². The molecule has 0 saturated carbocycles. The number of hydrogen-bond acceptors (Lipinski definition) is 5. The summed E-state index contributed by atoms with van der Waals surface area (Å²) in [7, 11) is 0. The van der Waals surface area contributed by atoms with E-state index in [9.17, 15) is 14.1 Å². The highest BCUT2D eigenvalue weighted by molar-refractivity contribution is 5.77. The van der Waals surface area contributed by atoms with Gasteiger partial charge in [-0.2, -0.15) is 10.2 Å². The van der Waals surface area contributed by atoms with Crippen LogP contribution in [0.1, 0.15) is 38.3 Å². The number of nitrogens with zero attached hydrogens (tertiary/aromatic N) is 1. The van der Waals surface area contributed by atoms with Gasteiger partial charge in [0.25, 0.3) is 0 Å². The number of nitriles is 1. The molecule has 1 aromatic rings. The van der Waals surface area contributed by atoms with Crippen LogP contribution < -0.4 is 10.6 Å². The number of benzene rings is 1. The maximum atomic E-state index is 12.0. The SMILES string of the molecule is CC(C)(C)OC(=O)N[C@@H](CC(=O)NCCOF)Cc1ccc(C#N)cc1. The van der Waals surface area contributed by atoms with Crippen molar-refractivity contribution in [3.05, 3.63) is 35.4 Å². The van der Waals surface area contributed by atoms with Crippen molar-refractivity contribution >= 4 is 12.0 Å². The number of alkyl carbamates (subject to hydrolysis) is 1. The maximum absolute atomic E-state index is 12.0. The minimum absolute atomic E-state index is 0.00840. The zero-order valence-corrected chi connectivity index (χ0v) is 15.2. The molecule has 1 atom stereocenters. The molecule has 0 aromatic heterocycles. The number of carbonyl (C=O) groups excluding carboxylic acids is 2. The first-order valence-corrected chi connectivity index (χ1v) is 8.22. The van der Waals surface area contributed by atoms with Gasteiger partial charge in [0.2, 0.25) is 5.91 Å². The van der Waals surface area contributed by atoms with E-state index < -0.39 is 17.7 Å². The van der Waals surface area contributed by atoms with Gasteiger partial charge < -0.3 is 15.4 Å². The molecule has 0 unspecified atom stereocenters. The van der Waals surface area contributed by atoms with Gasteiger partial charge in [0.1, 0.15) is 12.2 Å². The third-order valence-corrected chi connectivity index (χ3v) is 3.22. The number of ether oxygens (including phenoxy) is 1. The first-order chi connectivity index (χ1) is 12.2. The molecule has 142 valence electrons. The summed E-state index contributed by atoms with van der Waals surface area (Å²) in [5.74, 6) is -0.350. The minimum atomic E-state index is -0.663. The van der Waals surface area contributed by atoms with Gasteiger partial charge >= 0.3 is 6.09 Å². The van der Waals surface area contributed by atoms with Crippen LogP contribution in [0.5, 0.6) is 0 Å². The van der Waals surface area contributed by atoms with Gasteiger partial charge in [0.05, 0.1) is 11.6 Å². The molecule has 2 amide bonds. The topological polar surface area (TPSA) is 100 Å². The molecular weight excluding hydrogens is 341 g/mol. The second-order valence-electron chi connectivity index (χ2n) is 6.72. The van der Waals surface area contributed by atoms with E-state index in [1.54, 1.807) is 45.0 Å². The van der Waals surface area contributed by atoms with E-state index in [0.29, 0.717) is 12.0 Å². The van der Waals surface area contributed by atoms with Gasteiger partial charge in [-0.1, -0.05) is 12.1 Å². The lowest BCUT2D eigenvalue weighted by molar-refractivity contribution is -0.134. The third-order valence-electron chi connectivity index (χ3n) is 3.22. The maximum Gasteiger partial charge on any atom is 0.407 e. The van der Waals surface area contributed by atoms with Gasteiger partial charge in [0.15, 0.2) is 0 Å². The Labute approximate surface area is 152 Å². The van der Waals surface area contributed by atoms with E-state index in [-0.39, 0.29) is 25.5 Å². The Hall–Kier alpha value is -2.66. The molecule has 0 bridgehead atoms. The quantitative estimate of drug-likeness (QED) is 0.689. The molecule has 2 N–H and O–H groups in total. The van der Waals surface area contributed by atoms with Crippen LogP contribution in [0.2, 0.25) is 0 Å². The molecular formula is C18H24FN3O4. The Morgan fingerprint density at radius 2 is 1.92 bits per heavy atom. The molecule has 0 radical (unpaired) electrons. The molecule has 8 heteroatoms. The third kappa shape index (κ3) is 8.99. The normalized spacial score (nSPS) is 12.0. The molecule has 7 nitrogen and oxygen atoms in total. The summed E-state index contributed by atoms with van der Waals surface area (Å²) >= 11 is 0. The summed E-state index contributed by atoms with van der Waals surface area (Å²) in [6.07, 6.45) is -0.264. The van der Waals surface area contributed by atoms with Crippen molar-refractivity contribution in [2.75, 3.05) is 13.2 Å². The van der Waals surface area contributed by atoms with Crippen molar-refractivity contribution < 1.29 is 23.8 Å². The minimum Gasteiger partial charge on any atom is -0.444 e. The lowest BCUT2D eigenvalue weighted by Crippen LogP contribution is -2.43. The average molecular weight is 365 g/mol. The van der Waals surface area contributed by atoms with Gasteiger partial charge in [-0.05, 0) is 49.4 Å². The zero-order valence-electron chi connectivity index (χ0n) is 15.2. The molecule has 0 spiro atoms. The number of halogens is 1. The van der Waals surface area contributed by atoms with Gasteiger partial charge in [0, 0.05) is 19.0 Å². The average Bonchev–Trinajstić information content (AvgIpc) is 2.54. The standard InChI is InChI=1S/C18H24FN3O4/c1-18(2,3)26-17(24)22-15(11-16(23)21-8-9-25-19)10-13-4-6-14(12-20)7-5-13/h4-7,15H,8-11H2,1-3H3,(H,21,23)(H,22,24)/t15-/m1/s1. The largest absolute Gasteiger partial charge is 0.444 e. The fourth-order valence-corrected chi connectivity index (χ4v) is 2.17. The molecule has 1 rings (SSSR count). The van der Waals surface area contributed by atoms with E-state index in [1.807, 2.05) is 6.07 Å². The van der Waals surface area contributed by atoms with Crippen LogP contribution in [-0.2, 0) is 20.9 Å². The Kier molecular flexibility index (Phi) is 8.52. The smallest absolute Gasteiger partial charge is 0.407 e. The van der Waals surface area contributed by atoms with Crippen LogP contribution in [0, 0.1) is 11.3 Å². The summed E-state index contributed by atoms with van der Waals surface area (Å²) in [4.78, 5) is 27.4. The highest BCUT2D eigenvalue weighted by Crippen LogP contribution is 2.11. The van der Waals surface area contributed by atoms with Crippen molar-refractivity contribution in [2.24, 2.45) is 0 Å². The summed E-state index contributed by atoms with van der Waals surface area (Å²) in [5.41, 5.74) is 0.711. The lowest BCUT2D eigenvalue weighted by atomic mass is 10.0. The Morgan fingerprint density at radius 3 is 2.46 bits per heavy atom. The highest BCUT2D eigenvalue weighted by Gasteiger charge is 2.21. The molecule has 0 fully saturated rings. The highest BCUT2D eigenvalue weighted by atomic mass is 19.3. The van der Waals surface area contributed by atoms with E-state index in [1.165, 1.54) is 0 Å². The lowest BCUT2D eigenvalue weighted by Gasteiger charge is -2.23. The van der Waals surface area contributed by atoms with Crippen molar-refractivity contribution in [3.63, 3.8) is 0 Å². The molecule has 26 heavy (non-hydrogen) atoms. The van der Waals surface area contributed by atoms with Crippen molar-refractivity contribution in [3.8, 4) is 6.07 Å². The van der Waals surface area contributed by atoms with Gasteiger partial charge in [-0.3, -0.25) is 4.79 Å². The Bertz CT molecular complexity index is 635.